The van der Waals surface area contributed by atoms with Gasteiger partial charge in [0, 0.05) is 17.4 Å². The summed E-state index contributed by atoms with van der Waals surface area (Å²) in [6.45, 7) is 7.07. The number of benzene rings is 1. The number of aliphatic hydroxyl groups is 3. The molecule has 1 unspecified atom stereocenters. The molecule has 1 aromatic rings. The smallest absolute Gasteiger partial charge is 0.342 e. The van der Waals surface area contributed by atoms with Crippen molar-refractivity contribution in [2.45, 2.75) is 58.3 Å². The molecule has 0 bridgehead atoms. The van der Waals surface area contributed by atoms with Crippen LogP contribution in [0, 0.1) is 29.6 Å². The molecule has 3 aliphatic rings. The number of fused-ring (bicyclic) bond motifs is 3. The van der Waals surface area contributed by atoms with Gasteiger partial charge in [0.1, 0.15) is 28.8 Å². The van der Waals surface area contributed by atoms with Crippen LogP contribution >= 0.6 is 0 Å². The summed E-state index contributed by atoms with van der Waals surface area (Å²) >= 11 is 0. The van der Waals surface area contributed by atoms with Gasteiger partial charge in [-0.2, -0.15) is 0 Å². The lowest BCUT2D eigenvalue weighted by Gasteiger charge is -2.65. The summed E-state index contributed by atoms with van der Waals surface area (Å²) in [6, 6.07) is 2.40. The molecule has 0 radical (unpaired) electrons. The van der Waals surface area contributed by atoms with Crippen molar-refractivity contribution >= 4 is 5.97 Å². The Morgan fingerprint density at radius 1 is 1.20 bits per heavy atom. The fourth-order valence-electron chi connectivity index (χ4n) is 6.34. The van der Waals surface area contributed by atoms with Gasteiger partial charge in [-0.25, -0.2) is 4.79 Å². The van der Waals surface area contributed by atoms with Crippen LogP contribution in [0.5, 0.6) is 11.5 Å². The topological polar surface area (TPSA) is 127 Å². The number of aromatic hydroxyl groups is 2. The van der Waals surface area contributed by atoms with Gasteiger partial charge in [0.2, 0.25) is 0 Å². The van der Waals surface area contributed by atoms with Gasteiger partial charge in [-0.1, -0.05) is 26.8 Å². The average Bonchev–Trinajstić information content (AvgIpc) is 2.86. The molecule has 2 fully saturated rings. The lowest BCUT2D eigenvalue weighted by atomic mass is 9.43. The minimum atomic E-state index is -1.60. The van der Waals surface area contributed by atoms with Gasteiger partial charge in [-0.3, -0.25) is 0 Å². The fraction of sp³-hybridized carbons (Fsp3) is 0.609. The number of hydrogen-bond acceptors (Lipinski definition) is 7. The number of phenols is 2. The summed E-state index contributed by atoms with van der Waals surface area (Å²) in [7, 11) is 0. The molecular weight excluding hydrogens is 388 g/mol. The van der Waals surface area contributed by atoms with E-state index in [-0.39, 0.29) is 35.2 Å². The maximum Gasteiger partial charge on any atom is 0.342 e. The molecule has 0 heterocycles. The highest BCUT2D eigenvalue weighted by Crippen LogP contribution is 2.68. The Bertz CT molecular complexity index is 912. The molecule has 2 saturated carbocycles. The van der Waals surface area contributed by atoms with Crippen molar-refractivity contribution in [2.24, 2.45) is 22.7 Å². The van der Waals surface area contributed by atoms with Gasteiger partial charge in [0.05, 0.1) is 12.7 Å². The normalized spacial score (nSPS) is 38.8. The number of aliphatic hydroxyl groups excluding tert-OH is 2. The van der Waals surface area contributed by atoms with E-state index in [0.29, 0.717) is 17.6 Å². The molecule has 30 heavy (non-hydrogen) atoms. The molecule has 0 amide bonds. The van der Waals surface area contributed by atoms with E-state index in [0.717, 1.165) is 12.5 Å². The molecule has 4 rings (SSSR count). The minimum absolute atomic E-state index is 0.0301. The zero-order valence-electron chi connectivity index (χ0n) is 17.7. The highest BCUT2D eigenvalue weighted by atomic mass is 16.6. The van der Waals surface area contributed by atoms with Crippen LogP contribution in [0.1, 0.15) is 49.5 Å². The first-order chi connectivity index (χ1) is 13.9. The first-order valence-corrected chi connectivity index (χ1v) is 10.3. The van der Waals surface area contributed by atoms with Crippen LogP contribution in [0.3, 0.4) is 0 Å². The molecule has 6 atom stereocenters. The number of carbonyl (C=O) groups excluding carboxylic acids is 1. The molecule has 3 aliphatic carbocycles. The molecule has 5 N–H and O–H groups in total. The minimum Gasteiger partial charge on any atom is -0.508 e. The Morgan fingerprint density at radius 3 is 2.47 bits per heavy atom. The van der Waals surface area contributed by atoms with Crippen LogP contribution in [0.15, 0.2) is 23.8 Å². The van der Waals surface area contributed by atoms with Crippen molar-refractivity contribution in [1.82, 2.24) is 0 Å². The lowest BCUT2D eigenvalue weighted by molar-refractivity contribution is -0.260. The molecule has 7 heteroatoms. The monoisotopic (exact) mass is 418 g/mol. The second kappa shape index (κ2) is 6.45. The summed E-state index contributed by atoms with van der Waals surface area (Å²) in [5, 5.41) is 52.4. The summed E-state index contributed by atoms with van der Waals surface area (Å²) in [4.78, 5) is 12.8. The molecule has 7 nitrogen and oxygen atoms in total. The molecular formula is C23H30O7. The maximum atomic E-state index is 12.8. The first kappa shape index (κ1) is 21.2. The predicted octanol–water partition coefficient (Wildman–Crippen LogP) is 2.03. The second-order valence-corrected chi connectivity index (χ2v) is 10.1. The fourth-order valence-corrected chi connectivity index (χ4v) is 6.34. The van der Waals surface area contributed by atoms with Gasteiger partial charge in [0.25, 0.3) is 0 Å². The van der Waals surface area contributed by atoms with E-state index >= 15 is 0 Å². The van der Waals surface area contributed by atoms with E-state index in [2.05, 4.69) is 0 Å². The lowest BCUT2D eigenvalue weighted by Crippen LogP contribution is -2.74. The number of ether oxygens (including phenoxy) is 1. The van der Waals surface area contributed by atoms with Crippen LogP contribution in [0.2, 0.25) is 0 Å². The Balaban J connectivity index is 1.67. The Hall–Kier alpha value is -2.09. The predicted molar refractivity (Wildman–Crippen MR) is 108 cm³/mol. The van der Waals surface area contributed by atoms with Gasteiger partial charge >= 0.3 is 5.97 Å². The van der Waals surface area contributed by atoms with E-state index in [1.165, 1.54) is 6.07 Å². The van der Waals surface area contributed by atoms with E-state index in [4.69, 9.17) is 4.74 Å². The zero-order chi connectivity index (χ0) is 22.2. The summed E-state index contributed by atoms with van der Waals surface area (Å²) in [5.74, 6) is -1.56. The molecule has 0 spiro atoms. The number of phenolic OH excluding ortho intramolecular Hbond substituents is 2. The van der Waals surface area contributed by atoms with Crippen molar-refractivity contribution < 1.29 is 35.1 Å². The summed E-state index contributed by atoms with van der Waals surface area (Å²) in [5.41, 5.74) is -1.99. The van der Waals surface area contributed by atoms with Crippen LogP contribution in [-0.2, 0) is 4.74 Å². The number of hydrogen-bond donors (Lipinski definition) is 5. The third-order valence-electron chi connectivity index (χ3n) is 7.87. The highest BCUT2D eigenvalue weighted by Gasteiger charge is 2.74. The highest BCUT2D eigenvalue weighted by molar-refractivity contribution is 5.94. The van der Waals surface area contributed by atoms with E-state index < -0.39 is 34.9 Å². The Morgan fingerprint density at radius 2 is 1.87 bits per heavy atom. The summed E-state index contributed by atoms with van der Waals surface area (Å²) < 4.78 is 5.62. The molecule has 1 aromatic carbocycles. The van der Waals surface area contributed by atoms with Gasteiger partial charge in [-0.15, -0.1) is 0 Å². The molecule has 0 aliphatic heterocycles. The quantitative estimate of drug-likeness (QED) is 0.375. The summed E-state index contributed by atoms with van der Waals surface area (Å²) in [6.07, 6.45) is 1.37. The molecule has 164 valence electrons. The Labute approximate surface area is 175 Å². The van der Waals surface area contributed by atoms with Crippen LogP contribution < -0.4 is 0 Å². The zero-order valence-corrected chi connectivity index (χ0v) is 17.7. The second-order valence-electron chi connectivity index (χ2n) is 10.1. The van der Waals surface area contributed by atoms with Crippen LogP contribution in [-0.4, -0.2) is 55.9 Å². The van der Waals surface area contributed by atoms with Crippen molar-refractivity contribution in [2.75, 3.05) is 6.61 Å². The molecule has 0 saturated heterocycles. The largest absolute Gasteiger partial charge is 0.508 e. The van der Waals surface area contributed by atoms with Crippen molar-refractivity contribution in [3.05, 3.63) is 34.9 Å². The van der Waals surface area contributed by atoms with Gasteiger partial charge in [-0.05, 0) is 48.3 Å². The maximum absolute atomic E-state index is 12.8. The SMILES string of the molecule is Cc1cc(O)cc(O)c1C(=O)O[C@@H]1C[C@]2(C)C3[C@H](C=C(CO)[C@]12O)CC(C)(C)[C@@H]3O. The number of esters is 1. The van der Waals surface area contributed by atoms with Crippen LogP contribution in [0.25, 0.3) is 0 Å². The van der Waals surface area contributed by atoms with Gasteiger partial charge in [0.15, 0.2) is 0 Å². The first-order valence-electron chi connectivity index (χ1n) is 10.3. The molecule has 0 aromatic heterocycles. The third-order valence-corrected chi connectivity index (χ3v) is 7.87. The van der Waals surface area contributed by atoms with Crippen molar-refractivity contribution in [3.63, 3.8) is 0 Å². The number of allylic oxidation sites excluding steroid dienone is 1. The number of rotatable bonds is 3. The number of aryl methyl sites for hydroxylation is 1. The third kappa shape index (κ3) is 2.58. The van der Waals surface area contributed by atoms with Crippen molar-refractivity contribution in [1.29, 1.82) is 0 Å². The van der Waals surface area contributed by atoms with Crippen LogP contribution in [0.4, 0.5) is 0 Å². The van der Waals surface area contributed by atoms with Crippen molar-refractivity contribution in [3.8, 4) is 11.5 Å². The standard InChI is InChI=1S/C23H30O7/c1-11-5-14(25)7-15(26)17(11)20(28)30-16-9-22(4)18-12(8-21(2,3)19(18)27)6-13(10-24)23(16,22)29/h5-7,12,16,18-19,24-27,29H,8-10H2,1-4H3/t12-,16-,18?,19-,22-,23+/m1/s1. The van der Waals surface area contributed by atoms with E-state index in [1.54, 1.807) is 6.92 Å². The van der Waals surface area contributed by atoms with E-state index in [9.17, 15) is 30.3 Å². The number of carbonyl (C=O) groups is 1. The average molecular weight is 418 g/mol. The van der Waals surface area contributed by atoms with E-state index in [1.807, 2.05) is 26.8 Å². The Kier molecular flexibility index (Phi) is 4.55. The van der Waals surface area contributed by atoms with Gasteiger partial charge < -0.3 is 30.3 Å².